The fraction of sp³-hybridized carbons (Fsp3) is 0.571. The number of hydrogen-bond donors (Lipinski definition) is 2. The molecule has 0 radical (unpaired) electrons. The number of carbonyl (C=O) groups is 1. The van der Waals surface area contributed by atoms with Crippen molar-refractivity contribution in [3.05, 3.63) is 23.4 Å². The SMILES string of the molecule is CCc1cc(C(=O)NC(C)CC2CC2)cc(N)n1. The summed E-state index contributed by atoms with van der Waals surface area (Å²) in [5.74, 6) is 1.18. The normalized spacial score (nSPS) is 16.3. The number of nitrogen functional groups attached to an aromatic ring is 1. The molecule has 1 atom stereocenters. The summed E-state index contributed by atoms with van der Waals surface area (Å²) in [6.07, 6.45) is 4.47. The molecule has 1 aliphatic rings. The lowest BCUT2D eigenvalue weighted by molar-refractivity contribution is 0.0937. The van der Waals surface area contributed by atoms with Crippen LogP contribution in [-0.2, 0) is 6.42 Å². The molecule has 1 aromatic heterocycles. The second kappa shape index (κ2) is 5.38. The highest BCUT2D eigenvalue weighted by Crippen LogP contribution is 2.33. The van der Waals surface area contributed by atoms with Crippen LogP contribution in [0.15, 0.2) is 12.1 Å². The molecular formula is C14H21N3O. The number of carbonyl (C=O) groups excluding carboxylic acids is 1. The van der Waals surface area contributed by atoms with Crippen LogP contribution in [0.25, 0.3) is 0 Å². The van der Waals surface area contributed by atoms with Gasteiger partial charge in [0, 0.05) is 17.3 Å². The Hall–Kier alpha value is -1.58. The van der Waals surface area contributed by atoms with Crippen molar-refractivity contribution in [1.29, 1.82) is 0 Å². The first-order valence-electron chi connectivity index (χ1n) is 6.65. The van der Waals surface area contributed by atoms with Crippen LogP contribution < -0.4 is 11.1 Å². The third-order valence-corrected chi connectivity index (χ3v) is 3.28. The van der Waals surface area contributed by atoms with E-state index in [2.05, 4.69) is 17.2 Å². The van der Waals surface area contributed by atoms with E-state index in [-0.39, 0.29) is 11.9 Å². The number of hydrogen-bond acceptors (Lipinski definition) is 3. The number of aromatic nitrogens is 1. The lowest BCUT2D eigenvalue weighted by Crippen LogP contribution is -2.33. The first-order valence-corrected chi connectivity index (χ1v) is 6.65. The van der Waals surface area contributed by atoms with E-state index < -0.39 is 0 Å². The highest BCUT2D eigenvalue weighted by atomic mass is 16.1. The Morgan fingerprint density at radius 3 is 2.89 bits per heavy atom. The van der Waals surface area contributed by atoms with Crippen molar-refractivity contribution in [3.8, 4) is 0 Å². The molecule has 1 heterocycles. The molecule has 3 N–H and O–H groups in total. The Kier molecular flexibility index (Phi) is 3.84. The second-order valence-corrected chi connectivity index (χ2v) is 5.18. The quantitative estimate of drug-likeness (QED) is 0.837. The average molecular weight is 247 g/mol. The van der Waals surface area contributed by atoms with Crippen molar-refractivity contribution in [2.75, 3.05) is 5.73 Å². The summed E-state index contributed by atoms with van der Waals surface area (Å²) < 4.78 is 0. The predicted octanol–water partition coefficient (Wildman–Crippen LogP) is 2.14. The van der Waals surface area contributed by atoms with Crippen molar-refractivity contribution < 1.29 is 4.79 Å². The van der Waals surface area contributed by atoms with Gasteiger partial charge in [0.05, 0.1) is 0 Å². The molecule has 1 fully saturated rings. The van der Waals surface area contributed by atoms with Gasteiger partial charge in [0.15, 0.2) is 0 Å². The van der Waals surface area contributed by atoms with Crippen molar-refractivity contribution in [2.24, 2.45) is 5.92 Å². The van der Waals surface area contributed by atoms with Crippen LogP contribution in [0.1, 0.15) is 49.2 Å². The molecule has 4 heteroatoms. The summed E-state index contributed by atoms with van der Waals surface area (Å²) >= 11 is 0. The standard InChI is InChI=1S/C14H21N3O/c1-3-12-7-11(8-13(15)17-12)14(18)16-9(2)6-10-4-5-10/h7-10H,3-6H2,1-2H3,(H2,15,17)(H,16,18). The Morgan fingerprint density at radius 2 is 2.28 bits per heavy atom. The van der Waals surface area contributed by atoms with E-state index in [9.17, 15) is 4.79 Å². The zero-order chi connectivity index (χ0) is 13.1. The van der Waals surface area contributed by atoms with Gasteiger partial charge in [-0.25, -0.2) is 4.98 Å². The zero-order valence-electron chi connectivity index (χ0n) is 11.1. The van der Waals surface area contributed by atoms with Crippen molar-refractivity contribution in [2.45, 2.75) is 45.6 Å². The van der Waals surface area contributed by atoms with E-state index in [1.165, 1.54) is 12.8 Å². The third kappa shape index (κ3) is 3.45. The van der Waals surface area contributed by atoms with Crippen LogP contribution in [0.3, 0.4) is 0 Å². The van der Waals surface area contributed by atoms with Crippen LogP contribution in [0, 0.1) is 5.92 Å². The smallest absolute Gasteiger partial charge is 0.251 e. The first kappa shape index (κ1) is 12.9. The van der Waals surface area contributed by atoms with E-state index in [0.29, 0.717) is 11.4 Å². The van der Waals surface area contributed by atoms with Gasteiger partial charge in [0.1, 0.15) is 5.82 Å². The van der Waals surface area contributed by atoms with Gasteiger partial charge in [-0.15, -0.1) is 0 Å². The summed E-state index contributed by atoms with van der Waals surface area (Å²) in [4.78, 5) is 16.3. The number of nitrogens with zero attached hydrogens (tertiary/aromatic N) is 1. The van der Waals surface area contributed by atoms with E-state index in [0.717, 1.165) is 24.5 Å². The molecule has 4 nitrogen and oxygen atoms in total. The van der Waals surface area contributed by atoms with Crippen molar-refractivity contribution in [1.82, 2.24) is 10.3 Å². The molecule has 98 valence electrons. The number of anilines is 1. The molecule has 1 aliphatic carbocycles. The maximum atomic E-state index is 12.1. The monoisotopic (exact) mass is 247 g/mol. The number of amides is 1. The van der Waals surface area contributed by atoms with Crippen LogP contribution in [-0.4, -0.2) is 16.9 Å². The van der Waals surface area contributed by atoms with Gasteiger partial charge in [-0.05, 0) is 37.8 Å². The van der Waals surface area contributed by atoms with Gasteiger partial charge in [-0.1, -0.05) is 19.8 Å². The van der Waals surface area contributed by atoms with E-state index in [1.54, 1.807) is 6.07 Å². The lowest BCUT2D eigenvalue weighted by atomic mass is 10.1. The molecule has 0 bridgehead atoms. The highest BCUT2D eigenvalue weighted by Gasteiger charge is 2.24. The van der Waals surface area contributed by atoms with Gasteiger partial charge in [0.2, 0.25) is 0 Å². The minimum Gasteiger partial charge on any atom is -0.384 e. The van der Waals surface area contributed by atoms with E-state index >= 15 is 0 Å². The van der Waals surface area contributed by atoms with Crippen molar-refractivity contribution >= 4 is 11.7 Å². The Bertz CT molecular complexity index is 441. The van der Waals surface area contributed by atoms with E-state index in [4.69, 9.17) is 5.73 Å². The molecule has 18 heavy (non-hydrogen) atoms. The maximum absolute atomic E-state index is 12.1. The largest absolute Gasteiger partial charge is 0.384 e. The summed E-state index contributed by atoms with van der Waals surface area (Å²) in [5.41, 5.74) is 7.17. The zero-order valence-corrected chi connectivity index (χ0v) is 11.1. The van der Waals surface area contributed by atoms with Crippen LogP contribution >= 0.6 is 0 Å². The Labute approximate surface area is 108 Å². The number of nitrogens with two attached hydrogens (primary N) is 1. The Balaban J connectivity index is 2.00. The molecule has 1 aromatic rings. The molecule has 2 rings (SSSR count). The average Bonchev–Trinajstić information content (AvgIpc) is 3.11. The molecule has 0 saturated heterocycles. The van der Waals surface area contributed by atoms with Gasteiger partial charge < -0.3 is 11.1 Å². The lowest BCUT2D eigenvalue weighted by Gasteiger charge is -2.14. The summed E-state index contributed by atoms with van der Waals surface area (Å²) in [5, 5.41) is 3.02. The molecule has 0 aliphatic heterocycles. The molecule has 0 aromatic carbocycles. The minimum absolute atomic E-state index is 0.0491. The maximum Gasteiger partial charge on any atom is 0.251 e. The Morgan fingerprint density at radius 1 is 1.56 bits per heavy atom. The molecule has 1 saturated carbocycles. The minimum atomic E-state index is -0.0491. The van der Waals surface area contributed by atoms with E-state index in [1.807, 2.05) is 13.0 Å². The summed E-state index contributed by atoms with van der Waals surface area (Å²) in [7, 11) is 0. The summed E-state index contributed by atoms with van der Waals surface area (Å²) in [6.45, 7) is 4.06. The third-order valence-electron chi connectivity index (χ3n) is 3.28. The van der Waals surface area contributed by atoms with Gasteiger partial charge in [-0.2, -0.15) is 0 Å². The van der Waals surface area contributed by atoms with Gasteiger partial charge in [-0.3, -0.25) is 4.79 Å². The van der Waals surface area contributed by atoms with Gasteiger partial charge in [0.25, 0.3) is 5.91 Å². The second-order valence-electron chi connectivity index (χ2n) is 5.18. The number of aryl methyl sites for hydroxylation is 1. The molecule has 0 spiro atoms. The number of nitrogens with one attached hydrogen (secondary N) is 1. The van der Waals surface area contributed by atoms with Crippen molar-refractivity contribution in [3.63, 3.8) is 0 Å². The number of rotatable bonds is 5. The first-order chi connectivity index (χ1) is 8.58. The fourth-order valence-electron chi connectivity index (χ4n) is 2.14. The molecular weight excluding hydrogens is 226 g/mol. The highest BCUT2D eigenvalue weighted by molar-refractivity contribution is 5.95. The molecule has 1 amide bonds. The molecule has 1 unspecified atom stereocenters. The van der Waals surface area contributed by atoms with Crippen LogP contribution in [0.5, 0.6) is 0 Å². The van der Waals surface area contributed by atoms with Crippen LogP contribution in [0.4, 0.5) is 5.82 Å². The fourth-order valence-corrected chi connectivity index (χ4v) is 2.14. The topological polar surface area (TPSA) is 68.0 Å². The number of pyridine rings is 1. The predicted molar refractivity (Wildman–Crippen MR) is 72.3 cm³/mol. The van der Waals surface area contributed by atoms with Crippen LogP contribution in [0.2, 0.25) is 0 Å². The van der Waals surface area contributed by atoms with Gasteiger partial charge >= 0.3 is 0 Å². The summed E-state index contributed by atoms with van der Waals surface area (Å²) in [6, 6.07) is 3.68.